The Morgan fingerprint density at radius 2 is 1.92 bits per heavy atom. The summed E-state index contributed by atoms with van der Waals surface area (Å²) in [6, 6.07) is 0. The van der Waals surface area contributed by atoms with Crippen molar-refractivity contribution in [2.24, 2.45) is 0 Å². The van der Waals surface area contributed by atoms with Gasteiger partial charge in [-0.3, -0.25) is 0 Å². The van der Waals surface area contributed by atoms with Gasteiger partial charge < -0.3 is 0 Å². The van der Waals surface area contributed by atoms with E-state index < -0.39 is 0 Å². The van der Waals surface area contributed by atoms with Crippen molar-refractivity contribution in [1.82, 2.24) is 0 Å². The molecule has 0 N–H and O–H groups in total. The molecule has 0 radical (unpaired) electrons. The topological polar surface area (TPSA) is 17.0 Å². The van der Waals surface area contributed by atoms with Gasteiger partial charge in [0.2, 0.25) is 5.69 Å². The molecule has 0 aromatic carbocycles. The average Bonchev–Trinajstić information content (AvgIpc) is 2.30. The first kappa shape index (κ1) is 9.30. The summed E-state index contributed by atoms with van der Waals surface area (Å²) in [6.45, 7) is 9.44. The van der Waals surface area contributed by atoms with Gasteiger partial charge in [0, 0.05) is 20.3 Å². The Balaban J connectivity index is 2.79. The van der Waals surface area contributed by atoms with Crippen LogP contribution in [0.1, 0.15) is 36.8 Å². The normalized spacial score (nSPS) is 10.7. The SMILES string of the molecule is CCCC[n+]1oc(C)c(C)c1C. The fourth-order valence-corrected chi connectivity index (χ4v) is 1.26. The molecule has 0 unspecified atom stereocenters. The molecule has 1 aromatic heterocycles. The lowest BCUT2D eigenvalue weighted by molar-refractivity contribution is -0.868. The molecule has 0 atom stereocenters. The summed E-state index contributed by atoms with van der Waals surface area (Å²) in [5.41, 5.74) is 2.55. The van der Waals surface area contributed by atoms with E-state index >= 15 is 0 Å². The zero-order valence-electron chi connectivity index (χ0n) is 8.48. The highest BCUT2D eigenvalue weighted by Crippen LogP contribution is 2.08. The van der Waals surface area contributed by atoms with Crippen molar-refractivity contribution in [3.63, 3.8) is 0 Å². The molecule has 2 heteroatoms. The highest BCUT2D eigenvalue weighted by Gasteiger charge is 2.17. The van der Waals surface area contributed by atoms with Crippen molar-refractivity contribution < 1.29 is 9.26 Å². The molecule has 68 valence electrons. The largest absolute Gasteiger partial charge is 0.241 e. The third kappa shape index (κ3) is 1.68. The van der Waals surface area contributed by atoms with Crippen molar-refractivity contribution in [2.45, 2.75) is 47.1 Å². The maximum atomic E-state index is 5.56. The lowest BCUT2D eigenvalue weighted by Crippen LogP contribution is -2.34. The fourth-order valence-electron chi connectivity index (χ4n) is 1.26. The molecule has 12 heavy (non-hydrogen) atoms. The maximum absolute atomic E-state index is 5.56. The van der Waals surface area contributed by atoms with E-state index in [1.807, 2.05) is 11.7 Å². The van der Waals surface area contributed by atoms with Gasteiger partial charge in [-0.15, -0.1) is 0 Å². The second-order valence-corrected chi connectivity index (χ2v) is 3.31. The van der Waals surface area contributed by atoms with Gasteiger partial charge in [0.15, 0.2) is 12.3 Å². The highest BCUT2D eigenvalue weighted by atomic mass is 16.5. The second-order valence-electron chi connectivity index (χ2n) is 3.31. The van der Waals surface area contributed by atoms with Gasteiger partial charge >= 0.3 is 0 Å². The number of hydrogen-bond donors (Lipinski definition) is 0. The predicted octanol–water partition coefficient (Wildman–Crippen LogP) is 2.29. The van der Waals surface area contributed by atoms with E-state index in [-0.39, 0.29) is 0 Å². The molecule has 1 heterocycles. The highest BCUT2D eigenvalue weighted by molar-refractivity contribution is 5.14. The standard InChI is InChI=1S/C10H18NO/c1-5-6-7-11-9(3)8(2)10(4)12-11/h5-7H2,1-4H3/q+1. The van der Waals surface area contributed by atoms with Gasteiger partial charge in [-0.2, -0.15) is 0 Å². The summed E-state index contributed by atoms with van der Waals surface area (Å²) in [7, 11) is 0. The minimum absolute atomic E-state index is 1.01. The molecule has 0 fully saturated rings. The zero-order valence-corrected chi connectivity index (χ0v) is 8.48. The monoisotopic (exact) mass is 168 g/mol. The number of rotatable bonds is 3. The van der Waals surface area contributed by atoms with E-state index in [1.54, 1.807) is 0 Å². The van der Waals surface area contributed by atoms with Crippen molar-refractivity contribution in [2.75, 3.05) is 0 Å². The molecule has 0 aliphatic heterocycles. The van der Waals surface area contributed by atoms with Crippen LogP contribution in [-0.4, -0.2) is 0 Å². The van der Waals surface area contributed by atoms with Crippen LogP contribution >= 0.6 is 0 Å². The molecule has 1 rings (SSSR count). The summed E-state index contributed by atoms with van der Waals surface area (Å²) >= 11 is 0. The van der Waals surface area contributed by atoms with Crippen LogP contribution in [0.3, 0.4) is 0 Å². The van der Waals surface area contributed by atoms with Crippen LogP contribution in [0.25, 0.3) is 0 Å². The van der Waals surface area contributed by atoms with Crippen LogP contribution in [-0.2, 0) is 6.54 Å². The minimum atomic E-state index is 1.01. The van der Waals surface area contributed by atoms with E-state index in [1.165, 1.54) is 24.1 Å². The van der Waals surface area contributed by atoms with Gasteiger partial charge in [-0.1, -0.05) is 6.92 Å². The summed E-state index contributed by atoms with van der Waals surface area (Å²) in [4.78, 5) is 0. The molecular weight excluding hydrogens is 150 g/mol. The molecular formula is C10H18NO+. The Kier molecular flexibility index (Phi) is 2.90. The first-order chi connectivity index (χ1) is 5.66. The summed E-state index contributed by atoms with van der Waals surface area (Å²) < 4.78 is 7.56. The third-order valence-electron chi connectivity index (χ3n) is 2.41. The molecule has 0 spiro atoms. The first-order valence-electron chi connectivity index (χ1n) is 4.63. The number of aryl methyl sites for hydroxylation is 2. The van der Waals surface area contributed by atoms with Gasteiger partial charge in [0.05, 0.1) is 5.56 Å². The van der Waals surface area contributed by atoms with Crippen LogP contribution in [0, 0.1) is 20.8 Å². The summed E-state index contributed by atoms with van der Waals surface area (Å²) in [5, 5.41) is 0. The average molecular weight is 168 g/mol. The summed E-state index contributed by atoms with van der Waals surface area (Å²) in [6.07, 6.45) is 2.41. The van der Waals surface area contributed by atoms with Crippen LogP contribution in [0.5, 0.6) is 0 Å². The Bertz CT molecular complexity index is 263. The number of unbranched alkanes of at least 4 members (excludes halogenated alkanes) is 1. The van der Waals surface area contributed by atoms with Crippen molar-refractivity contribution in [3.05, 3.63) is 17.0 Å². The molecule has 0 saturated heterocycles. The number of hydrogen-bond acceptors (Lipinski definition) is 1. The smallest absolute Gasteiger partial charge is 0.231 e. The third-order valence-corrected chi connectivity index (χ3v) is 2.41. The van der Waals surface area contributed by atoms with Crippen molar-refractivity contribution in [1.29, 1.82) is 0 Å². The van der Waals surface area contributed by atoms with Crippen LogP contribution in [0.2, 0.25) is 0 Å². The Morgan fingerprint density at radius 1 is 1.25 bits per heavy atom. The Hall–Kier alpha value is -0.790. The molecule has 0 bridgehead atoms. The molecule has 0 aliphatic rings. The van der Waals surface area contributed by atoms with Crippen LogP contribution in [0.4, 0.5) is 0 Å². The molecule has 1 aromatic rings. The lowest BCUT2D eigenvalue weighted by atomic mass is 10.2. The van der Waals surface area contributed by atoms with Gasteiger partial charge in [0.1, 0.15) is 0 Å². The van der Waals surface area contributed by atoms with Gasteiger partial charge in [-0.05, 0) is 18.1 Å². The quantitative estimate of drug-likeness (QED) is 0.633. The predicted molar refractivity (Wildman–Crippen MR) is 48.0 cm³/mol. The fraction of sp³-hybridized carbons (Fsp3) is 0.700. The summed E-state index contributed by atoms with van der Waals surface area (Å²) in [5.74, 6) is 1.05. The van der Waals surface area contributed by atoms with Crippen molar-refractivity contribution >= 4 is 0 Å². The minimum Gasteiger partial charge on any atom is -0.241 e. The zero-order chi connectivity index (χ0) is 9.14. The number of nitrogens with zero attached hydrogens (tertiary/aromatic N) is 1. The maximum Gasteiger partial charge on any atom is 0.231 e. The Morgan fingerprint density at radius 3 is 2.33 bits per heavy atom. The lowest BCUT2D eigenvalue weighted by Gasteiger charge is -1.88. The van der Waals surface area contributed by atoms with E-state index in [0.29, 0.717) is 0 Å². The first-order valence-corrected chi connectivity index (χ1v) is 4.63. The van der Waals surface area contributed by atoms with Crippen molar-refractivity contribution in [3.8, 4) is 0 Å². The number of aromatic nitrogens is 1. The molecule has 0 aliphatic carbocycles. The second kappa shape index (κ2) is 3.74. The van der Waals surface area contributed by atoms with Gasteiger partial charge in [0.25, 0.3) is 0 Å². The Labute approximate surface area is 74.2 Å². The molecule has 0 saturated carbocycles. The molecule has 2 nitrogen and oxygen atoms in total. The van der Waals surface area contributed by atoms with E-state index in [0.717, 1.165) is 12.3 Å². The van der Waals surface area contributed by atoms with Gasteiger partial charge in [-0.25, -0.2) is 4.52 Å². The van der Waals surface area contributed by atoms with E-state index in [9.17, 15) is 0 Å². The van der Waals surface area contributed by atoms with Crippen LogP contribution in [0.15, 0.2) is 4.52 Å². The van der Waals surface area contributed by atoms with E-state index in [4.69, 9.17) is 4.52 Å². The van der Waals surface area contributed by atoms with Crippen LogP contribution < -0.4 is 4.74 Å². The molecule has 0 amide bonds. The van der Waals surface area contributed by atoms with E-state index in [2.05, 4.69) is 20.8 Å².